The van der Waals surface area contributed by atoms with Gasteiger partial charge in [0.2, 0.25) is 5.91 Å². The van der Waals surface area contributed by atoms with Gasteiger partial charge in [-0.25, -0.2) is 0 Å². The second-order valence-electron chi connectivity index (χ2n) is 14.1. The molecule has 5 fully saturated rings. The Labute approximate surface area is 231 Å². The van der Waals surface area contributed by atoms with Crippen LogP contribution in [0, 0.1) is 46.3 Å². The number of hydrogen-bond donors (Lipinski definition) is 1. The van der Waals surface area contributed by atoms with Gasteiger partial charge in [-0.05, 0) is 112 Å². The van der Waals surface area contributed by atoms with E-state index in [1.54, 1.807) is 0 Å². The number of oxime groups is 1. The minimum Gasteiger partial charge on any atom is -0.396 e. The molecule has 1 N–H and O–H groups in total. The largest absolute Gasteiger partial charge is 0.396 e. The van der Waals surface area contributed by atoms with Gasteiger partial charge in [0, 0.05) is 32.0 Å². The number of aliphatic hydroxyl groups excluding tert-OH is 1. The number of methoxy groups -OCH3 is 1. The van der Waals surface area contributed by atoms with E-state index in [2.05, 4.69) is 32.6 Å². The lowest BCUT2D eigenvalue weighted by Crippen LogP contribution is -2.61. The molecule has 6 nitrogen and oxygen atoms in total. The van der Waals surface area contributed by atoms with E-state index in [4.69, 9.17) is 14.7 Å². The van der Waals surface area contributed by atoms with Gasteiger partial charge in [-0.15, -0.1) is 0 Å². The van der Waals surface area contributed by atoms with Crippen LogP contribution in [-0.2, 0) is 14.4 Å². The van der Waals surface area contributed by atoms with Gasteiger partial charge in [0.1, 0.15) is 6.61 Å². The van der Waals surface area contributed by atoms with Crippen molar-refractivity contribution >= 4 is 11.6 Å². The smallest absolute Gasteiger partial charge is 0.222 e. The number of aliphatic hydroxyl groups is 1. The molecule has 0 aromatic rings. The fraction of sp³-hybridized carbons (Fsp3) is 0.938. The van der Waals surface area contributed by atoms with Crippen molar-refractivity contribution in [1.82, 2.24) is 4.90 Å². The van der Waals surface area contributed by atoms with Crippen LogP contribution < -0.4 is 0 Å². The zero-order valence-corrected chi connectivity index (χ0v) is 24.8. The predicted molar refractivity (Wildman–Crippen MR) is 151 cm³/mol. The SMILES string of the molecule is CCCO/N=C1\C[C@H]2[C@@H]([C@H](OC)C[C@@H]3C[C@H](O)CC[C@@]32C)[C@@H]2CC[C@H]([C@H](C)CCC(=O)N3CCCC3)[C@@]12C. The Hall–Kier alpha value is -1.14. The molecular weight excluding hydrogens is 476 g/mol. The van der Waals surface area contributed by atoms with Crippen LogP contribution in [0.4, 0.5) is 0 Å². The fourth-order valence-electron chi connectivity index (χ4n) is 10.1. The number of carbonyl (C=O) groups is 1. The Balaban J connectivity index is 1.42. The third-order valence-electron chi connectivity index (χ3n) is 12.3. The second kappa shape index (κ2) is 11.4. The van der Waals surface area contributed by atoms with Crippen molar-refractivity contribution in [3.05, 3.63) is 0 Å². The predicted octanol–water partition coefficient (Wildman–Crippen LogP) is 6.06. The molecule has 0 unspecified atom stereocenters. The average molecular weight is 531 g/mol. The minimum absolute atomic E-state index is 0.0147. The highest BCUT2D eigenvalue weighted by molar-refractivity contribution is 5.92. The topological polar surface area (TPSA) is 71.4 Å². The van der Waals surface area contributed by atoms with Crippen LogP contribution in [0.1, 0.15) is 105 Å². The van der Waals surface area contributed by atoms with E-state index in [9.17, 15) is 9.90 Å². The molecule has 1 aliphatic heterocycles. The van der Waals surface area contributed by atoms with Crippen LogP contribution >= 0.6 is 0 Å². The maximum atomic E-state index is 12.9. The molecule has 0 bridgehead atoms. The van der Waals surface area contributed by atoms with Gasteiger partial charge >= 0.3 is 0 Å². The van der Waals surface area contributed by atoms with Crippen molar-refractivity contribution in [1.29, 1.82) is 0 Å². The Bertz CT molecular complexity index is 872. The van der Waals surface area contributed by atoms with Crippen LogP contribution in [0.3, 0.4) is 0 Å². The lowest BCUT2D eigenvalue weighted by Gasteiger charge is -2.63. The first-order valence-corrected chi connectivity index (χ1v) is 15.9. The number of rotatable bonds is 8. The van der Waals surface area contributed by atoms with Gasteiger partial charge in [-0.3, -0.25) is 4.79 Å². The van der Waals surface area contributed by atoms with E-state index in [-0.39, 0.29) is 23.0 Å². The molecule has 1 saturated heterocycles. The van der Waals surface area contributed by atoms with Crippen molar-refractivity contribution in [2.24, 2.45) is 51.5 Å². The van der Waals surface area contributed by atoms with Crippen LogP contribution in [0.2, 0.25) is 0 Å². The number of carbonyl (C=O) groups excluding carboxylic acids is 1. The van der Waals surface area contributed by atoms with Gasteiger partial charge in [0.15, 0.2) is 0 Å². The summed E-state index contributed by atoms with van der Waals surface area (Å²) in [7, 11) is 1.91. The average Bonchev–Trinajstić information content (AvgIpc) is 3.56. The summed E-state index contributed by atoms with van der Waals surface area (Å²) in [5.74, 6) is 3.42. The maximum absolute atomic E-state index is 12.9. The van der Waals surface area contributed by atoms with E-state index in [1.165, 1.54) is 18.6 Å². The van der Waals surface area contributed by atoms with E-state index in [0.717, 1.165) is 70.9 Å². The summed E-state index contributed by atoms with van der Waals surface area (Å²) in [6.45, 7) is 12.1. The Morgan fingerprint density at radius 1 is 1.16 bits per heavy atom. The van der Waals surface area contributed by atoms with Crippen molar-refractivity contribution in [2.45, 2.75) is 117 Å². The molecule has 4 saturated carbocycles. The zero-order valence-electron chi connectivity index (χ0n) is 24.8. The fourth-order valence-corrected chi connectivity index (χ4v) is 10.1. The van der Waals surface area contributed by atoms with E-state index in [0.29, 0.717) is 54.4 Å². The summed E-state index contributed by atoms with van der Waals surface area (Å²) in [6, 6.07) is 0. The standard InChI is InChI=1S/C32H54N2O4/c1-6-17-38-33-28-20-26-30(27(37-5)19-22-18-23(35)13-14-31(22,26)3)25-11-10-24(32(25,28)4)21(2)9-12-29(36)34-15-7-8-16-34/h21-27,30,35H,6-20H2,1-5H3/b33-28+/t21-,22+,23-,24-,25+,26+,27-,30+,31+,32-/m1/s1. The number of ether oxygens (including phenoxy) is 1. The van der Waals surface area contributed by atoms with Crippen molar-refractivity contribution in [2.75, 3.05) is 26.8 Å². The Morgan fingerprint density at radius 3 is 2.63 bits per heavy atom. The van der Waals surface area contributed by atoms with Gasteiger partial charge < -0.3 is 19.6 Å². The highest BCUT2D eigenvalue weighted by Crippen LogP contribution is 2.68. The number of hydrogen-bond acceptors (Lipinski definition) is 5. The quantitative estimate of drug-likeness (QED) is 0.306. The highest BCUT2D eigenvalue weighted by Gasteiger charge is 2.65. The molecule has 4 aliphatic carbocycles. The van der Waals surface area contributed by atoms with E-state index in [1.807, 2.05) is 7.11 Å². The molecule has 1 heterocycles. The van der Waals surface area contributed by atoms with Crippen LogP contribution in [0.15, 0.2) is 5.16 Å². The van der Waals surface area contributed by atoms with Gasteiger partial charge in [0.05, 0.1) is 17.9 Å². The van der Waals surface area contributed by atoms with Crippen LogP contribution in [0.25, 0.3) is 0 Å². The number of amides is 1. The first-order valence-electron chi connectivity index (χ1n) is 15.9. The summed E-state index contributed by atoms with van der Waals surface area (Å²) >= 11 is 0. The van der Waals surface area contributed by atoms with Gasteiger partial charge in [0.25, 0.3) is 0 Å². The zero-order chi connectivity index (χ0) is 27.1. The van der Waals surface area contributed by atoms with E-state index < -0.39 is 0 Å². The third kappa shape index (κ3) is 4.84. The third-order valence-corrected chi connectivity index (χ3v) is 12.3. The highest BCUT2D eigenvalue weighted by atomic mass is 16.6. The molecule has 0 aromatic heterocycles. The molecule has 0 radical (unpaired) electrons. The Kier molecular flexibility index (Phi) is 8.51. The van der Waals surface area contributed by atoms with Gasteiger partial charge in [-0.2, -0.15) is 0 Å². The summed E-state index contributed by atoms with van der Waals surface area (Å²) in [5, 5.41) is 15.5. The number of nitrogens with zero attached hydrogens (tertiary/aromatic N) is 2. The lowest BCUT2D eigenvalue weighted by molar-refractivity contribution is -0.159. The summed E-state index contributed by atoms with van der Waals surface area (Å²) in [6.07, 6.45) is 12.4. The molecule has 6 heteroatoms. The molecule has 5 aliphatic rings. The van der Waals surface area contributed by atoms with E-state index >= 15 is 0 Å². The lowest BCUT2D eigenvalue weighted by atomic mass is 9.43. The van der Waals surface area contributed by atoms with Crippen molar-refractivity contribution in [3.8, 4) is 0 Å². The summed E-state index contributed by atoms with van der Waals surface area (Å²) in [5.41, 5.74) is 1.48. The van der Waals surface area contributed by atoms with Crippen LogP contribution in [0.5, 0.6) is 0 Å². The molecule has 0 spiro atoms. The molecular formula is C32H54N2O4. The van der Waals surface area contributed by atoms with Crippen LogP contribution in [-0.4, -0.2) is 60.6 Å². The number of likely N-dealkylation sites (tertiary alicyclic amines) is 1. The van der Waals surface area contributed by atoms with Gasteiger partial charge in [-0.1, -0.05) is 32.9 Å². The number of fused-ring (bicyclic) bond motifs is 5. The van der Waals surface area contributed by atoms with Crippen molar-refractivity contribution < 1.29 is 19.5 Å². The second-order valence-corrected chi connectivity index (χ2v) is 14.1. The molecule has 216 valence electrons. The normalized spacial score (nSPS) is 44.4. The molecule has 38 heavy (non-hydrogen) atoms. The molecule has 10 atom stereocenters. The minimum atomic E-state index is -0.169. The maximum Gasteiger partial charge on any atom is 0.222 e. The monoisotopic (exact) mass is 530 g/mol. The summed E-state index contributed by atoms with van der Waals surface area (Å²) < 4.78 is 6.31. The molecule has 1 amide bonds. The first-order chi connectivity index (χ1) is 18.2. The molecule has 5 rings (SSSR count). The first kappa shape index (κ1) is 28.4. The van der Waals surface area contributed by atoms with Crippen molar-refractivity contribution in [3.63, 3.8) is 0 Å². The molecule has 0 aromatic carbocycles. The Morgan fingerprint density at radius 2 is 1.92 bits per heavy atom. The summed E-state index contributed by atoms with van der Waals surface area (Å²) in [4.78, 5) is 20.9.